The highest BCUT2D eigenvalue weighted by atomic mass is 35.5. The van der Waals surface area contributed by atoms with E-state index in [0.717, 1.165) is 78.0 Å². The van der Waals surface area contributed by atoms with Crippen molar-refractivity contribution in [3.8, 4) is 0 Å². The molecule has 1 aliphatic rings. The smallest absolute Gasteiger partial charge is 0.221 e. The molecule has 5 N–H and O–H groups in total. The van der Waals surface area contributed by atoms with E-state index in [0.29, 0.717) is 12.5 Å². The Balaban J connectivity index is -0.00000144. The molecule has 6 nitrogen and oxygen atoms in total. The van der Waals surface area contributed by atoms with Gasteiger partial charge in [0.05, 0.1) is 0 Å². The molecule has 1 rings (SSSR count). The van der Waals surface area contributed by atoms with Gasteiger partial charge in [0.1, 0.15) is 0 Å². The molecular formula is C28H63Cl4N5O. The lowest BCUT2D eigenvalue weighted by Crippen LogP contribution is -2.38. The molecule has 1 fully saturated rings. The highest BCUT2D eigenvalue weighted by Gasteiger charge is 2.13. The third-order valence-corrected chi connectivity index (χ3v) is 6.82. The van der Waals surface area contributed by atoms with Gasteiger partial charge in [0.2, 0.25) is 5.91 Å². The maximum Gasteiger partial charge on any atom is 0.221 e. The monoisotopic (exact) mass is 625 g/mol. The molecule has 1 saturated heterocycles. The van der Waals surface area contributed by atoms with Crippen LogP contribution in [-0.2, 0) is 4.79 Å². The van der Waals surface area contributed by atoms with Crippen LogP contribution in [0.25, 0.3) is 0 Å². The number of halogens is 4. The summed E-state index contributed by atoms with van der Waals surface area (Å²) < 4.78 is 0. The highest BCUT2D eigenvalue weighted by molar-refractivity contribution is 5.86. The topological polar surface area (TPSA) is 77.2 Å². The average molecular weight is 628 g/mol. The van der Waals surface area contributed by atoms with E-state index in [1.807, 2.05) is 0 Å². The zero-order valence-electron chi connectivity index (χ0n) is 24.3. The van der Waals surface area contributed by atoms with Crippen molar-refractivity contribution in [2.75, 3.05) is 52.4 Å². The Morgan fingerprint density at radius 2 is 0.947 bits per heavy atom. The third kappa shape index (κ3) is 32.7. The Labute approximate surface area is 260 Å². The summed E-state index contributed by atoms with van der Waals surface area (Å²) in [6.07, 6.45) is 21.3. The summed E-state index contributed by atoms with van der Waals surface area (Å²) in [7, 11) is 0. The van der Waals surface area contributed by atoms with Gasteiger partial charge in [-0.1, -0.05) is 77.6 Å². The van der Waals surface area contributed by atoms with Crippen LogP contribution in [0.1, 0.15) is 116 Å². The lowest BCUT2D eigenvalue weighted by molar-refractivity contribution is -0.121. The van der Waals surface area contributed by atoms with Gasteiger partial charge >= 0.3 is 0 Å². The van der Waals surface area contributed by atoms with Crippen molar-refractivity contribution in [2.24, 2.45) is 0 Å². The van der Waals surface area contributed by atoms with Crippen LogP contribution in [0.5, 0.6) is 0 Å². The van der Waals surface area contributed by atoms with Gasteiger partial charge in [-0.15, -0.1) is 49.6 Å². The van der Waals surface area contributed by atoms with E-state index in [9.17, 15) is 4.79 Å². The van der Waals surface area contributed by atoms with Crippen molar-refractivity contribution in [1.82, 2.24) is 26.6 Å². The molecule has 1 unspecified atom stereocenters. The first kappa shape index (κ1) is 45.5. The molecule has 0 aromatic heterocycles. The van der Waals surface area contributed by atoms with E-state index >= 15 is 0 Å². The first-order valence-electron chi connectivity index (χ1n) is 14.9. The van der Waals surface area contributed by atoms with E-state index in [4.69, 9.17) is 0 Å². The van der Waals surface area contributed by atoms with Gasteiger partial charge in [-0.25, -0.2) is 0 Å². The molecule has 0 aliphatic carbocycles. The molecular weight excluding hydrogens is 564 g/mol. The molecule has 0 radical (unpaired) electrons. The highest BCUT2D eigenvalue weighted by Crippen LogP contribution is 2.13. The molecule has 1 amide bonds. The zero-order chi connectivity index (χ0) is 24.4. The minimum atomic E-state index is 0. The second kappa shape index (κ2) is 37.5. The Morgan fingerprint density at radius 1 is 0.553 bits per heavy atom. The Hall–Kier alpha value is 0.470. The van der Waals surface area contributed by atoms with Crippen molar-refractivity contribution in [3.63, 3.8) is 0 Å². The molecule has 10 heteroatoms. The van der Waals surface area contributed by atoms with Crippen LogP contribution in [0.3, 0.4) is 0 Å². The first-order chi connectivity index (χ1) is 16.8. The summed E-state index contributed by atoms with van der Waals surface area (Å²) in [6.45, 7) is 10.4. The molecule has 0 saturated carbocycles. The number of rotatable bonds is 12. The number of hydrogen-bond acceptors (Lipinski definition) is 5. The molecule has 0 aromatic rings. The maximum absolute atomic E-state index is 12.5. The second-order valence-corrected chi connectivity index (χ2v) is 10.2. The van der Waals surface area contributed by atoms with E-state index < -0.39 is 0 Å². The SMILES string of the molecule is CCCCCCCCCCCCCC1CC(=O)NCCCNCCCNCCCNCCCN1.Cl.Cl.Cl.Cl. The van der Waals surface area contributed by atoms with Crippen molar-refractivity contribution in [2.45, 2.75) is 122 Å². The number of carbonyl (C=O) groups is 1. The van der Waals surface area contributed by atoms with E-state index in [2.05, 4.69) is 33.5 Å². The Morgan fingerprint density at radius 3 is 1.42 bits per heavy atom. The van der Waals surface area contributed by atoms with Crippen LogP contribution >= 0.6 is 49.6 Å². The average Bonchev–Trinajstić information content (AvgIpc) is 2.83. The van der Waals surface area contributed by atoms with E-state index in [1.165, 1.54) is 77.0 Å². The molecule has 0 spiro atoms. The summed E-state index contributed by atoms with van der Waals surface area (Å²) in [5.41, 5.74) is 0. The van der Waals surface area contributed by atoms with Crippen LogP contribution in [0, 0.1) is 0 Å². The molecule has 234 valence electrons. The number of hydrogen-bond donors (Lipinski definition) is 5. The van der Waals surface area contributed by atoms with Gasteiger partial charge in [0, 0.05) is 19.0 Å². The van der Waals surface area contributed by atoms with Gasteiger partial charge in [-0.3, -0.25) is 4.79 Å². The fourth-order valence-electron chi connectivity index (χ4n) is 4.64. The molecule has 0 bridgehead atoms. The fraction of sp³-hybridized carbons (Fsp3) is 0.964. The first-order valence-corrected chi connectivity index (χ1v) is 14.9. The van der Waals surface area contributed by atoms with Gasteiger partial charge in [0.15, 0.2) is 0 Å². The van der Waals surface area contributed by atoms with Crippen molar-refractivity contribution in [1.29, 1.82) is 0 Å². The summed E-state index contributed by atoms with van der Waals surface area (Å²) in [4.78, 5) is 12.5. The number of unbranched alkanes of at least 4 members (excludes halogenated alkanes) is 10. The molecule has 1 heterocycles. The van der Waals surface area contributed by atoms with E-state index in [1.54, 1.807) is 0 Å². The minimum absolute atomic E-state index is 0. The summed E-state index contributed by atoms with van der Waals surface area (Å²) in [6, 6.07) is 0.312. The summed E-state index contributed by atoms with van der Waals surface area (Å²) >= 11 is 0. The zero-order valence-corrected chi connectivity index (χ0v) is 27.6. The van der Waals surface area contributed by atoms with Crippen LogP contribution in [0.4, 0.5) is 0 Å². The van der Waals surface area contributed by atoms with Crippen LogP contribution in [-0.4, -0.2) is 64.3 Å². The molecule has 38 heavy (non-hydrogen) atoms. The van der Waals surface area contributed by atoms with Gasteiger partial charge in [-0.05, 0) is 77.9 Å². The van der Waals surface area contributed by atoms with Gasteiger partial charge in [-0.2, -0.15) is 0 Å². The largest absolute Gasteiger partial charge is 0.356 e. The third-order valence-electron chi connectivity index (χ3n) is 6.82. The van der Waals surface area contributed by atoms with Crippen molar-refractivity contribution in [3.05, 3.63) is 0 Å². The predicted octanol–water partition coefficient (Wildman–Crippen LogP) is 6.18. The minimum Gasteiger partial charge on any atom is -0.356 e. The van der Waals surface area contributed by atoms with Crippen LogP contribution in [0.15, 0.2) is 0 Å². The lowest BCUT2D eigenvalue weighted by Gasteiger charge is -2.19. The Bertz CT molecular complexity index is 453. The molecule has 0 aromatic carbocycles. The number of nitrogens with one attached hydrogen (secondary N) is 5. The maximum atomic E-state index is 12.5. The van der Waals surface area contributed by atoms with Gasteiger partial charge in [0.25, 0.3) is 0 Å². The normalized spacial score (nSPS) is 18.9. The number of carbonyl (C=O) groups excluding carboxylic acids is 1. The second-order valence-electron chi connectivity index (χ2n) is 10.2. The Kier molecular flexibility index (Phi) is 44.8. The standard InChI is InChI=1S/C28H59N5O.4ClH/c1-2-3-4-5-6-7-8-9-10-11-12-17-27-26-28(34)33-25-16-23-31-21-14-19-29-18-13-20-30-22-15-24-32-27;;;;/h27,29-32H,2-26H2,1H3,(H,33,34);4*1H. The molecule has 1 atom stereocenters. The molecule has 1 aliphatic heterocycles. The quantitative estimate of drug-likeness (QED) is 0.167. The fourth-order valence-corrected chi connectivity index (χ4v) is 4.64. The summed E-state index contributed by atoms with van der Waals surface area (Å²) in [5, 5.41) is 17.4. The lowest BCUT2D eigenvalue weighted by atomic mass is 10.0. The predicted molar refractivity (Wildman–Crippen MR) is 177 cm³/mol. The van der Waals surface area contributed by atoms with Crippen LogP contribution < -0.4 is 26.6 Å². The van der Waals surface area contributed by atoms with Crippen molar-refractivity contribution < 1.29 is 4.79 Å². The van der Waals surface area contributed by atoms with Crippen molar-refractivity contribution >= 4 is 55.5 Å². The van der Waals surface area contributed by atoms with Gasteiger partial charge < -0.3 is 26.6 Å². The summed E-state index contributed by atoms with van der Waals surface area (Å²) in [5.74, 6) is 0.206. The van der Waals surface area contributed by atoms with E-state index in [-0.39, 0.29) is 55.5 Å². The van der Waals surface area contributed by atoms with Crippen LogP contribution in [0.2, 0.25) is 0 Å². The number of amides is 1.